The van der Waals surface area contributed by atoms with E-state index in [1.165, 1.54) is 17.9 Å². The number of anilines is 1. The molecule has 1 heterocycles. The average molecular weight is 273 g/mol. The van der Waals surface area contributed by atoms with Crippen LogP contribution in [0.5, 0.6) is 0 Å². The van der Waals surface area contributed by atoms with Crippen LogP contribution in [-0.2, 0) is 7.05 Å². The van der Waals surface area contributed by atoms with E-state index in [0.717, 1.165) is 11.1 Å². The van der Waals surface area contributed by atoms with Crippen LogP contribution in [0.2, 0.25) is 0 Å². The van der Waals surface area contributed by atoms with E-state index >= 15 is 0 Å². The molecule has 2 N–H and O–H groups in total. The molecule has 0 fully saturated rings. The van der Waals surface area contributed by atoms with Gasteiger partial charge in [0, 0.05) is 12.7 Å². The summed E-state index contributed by atoms with van der Waals surface area (Å²) >= 11 is 0. The van der Waals surface area contributed by atoms with Crippen molar-refractivity contribution in [2.24, 2.45) is 7.05 Å². The van der Waals surface area contributed by atoms with Crippen molar-refractivity contribution in [3.63, 3.8) is 0 Å². The highest BCUT2D eigenvalue weighted by Crippen LogP contribution is 2.19. The number of aryl methyl sites for hydroxylation is 2. The Labute approximate surface area is 116 Å². The maximum Gasteiger partial charge on any atom is 0.339 e. The number of benzene rings is 1. The second-order valence-corrected chi connectivity index (χ2v) is 4.54. The van der Waals surface area contributed by atoms with Gasteiger partial charge >= 0.3 is 5.97 Å². The van der Waals surface area contributed by atoms with E-state index in [-0.39, 0.29) is 11.3 Å². The van der Waals surface area contributed by atoms with Crippen molar-refractivity contribution in [3.8, 4) is 0 Å². The third kappa shape index (κ3) is 2.40. The summed E-state index contributed by atoms with van der Waals surface area (Å²) in [7, 11) is 1.53. The molecule has 0 unspecified atom stereocenters. The van der Waals surface area contributed by atoms with Crippen molar-refractivity contribution in [3.05, 3.63) is 46.8 Å². The first-order chi connectivity index (χ1) is 9.41. The molecule has 0 atom stereocenters. The van der Waals surface area contributed by atoms with E-state index in [0.29, 0.717) is 5.69 Å². The normalized spacial score (nSPS) is 10.3. The van der Waals surface area contributed by atoms with Crippen LogP contribution in [0.4, 0.5) is 5.69 Å². The first kappa shape index (κ1) is 13.8. The summed E-state index contributed by atoms with van der Waals surface area (Å²) in [4.78, 5) is 23.3. The van der Waals surface area contributed by atoms with E-state index in [4.69, 9.17) is 5.11 Å². The molecule has 0 aliphatic rings. The summed E-state index contributed by atoms with van der Waals surface area (Å²) in [6, 6.07) is 5.55. The lowest BCUT2D eigenvalue weighted by atomic mass is 10.1. The number of carbonyl (C=O) groups is 2. The highest BCUT2D eigenvalue weighted by atomic mass is 16.4. The lowest BCUT2D eigenvalue weighted by Crippen LogP contribution is -2.20. The predicted octanol–water partition coefficient (Wildman–Crippen LogP) is 1.99. The second kappa shape index (κ2) is 5.16. The van der Waals surface area contributed by atoms with Crippen LogP contribution in [-0.4, -0.2) is 26.8 Å². The number of aromatic carboxylic acids is 1. The molecule has 2 aromatic rings. The highest BCUT2D eigenvalue weighted by Gasteiger charge is 2.22. The van der Waals surface area contributed by atoms with Crippen LogP contribution in [0.3, 0.4) is 0 Å². The van der Waals surface area contributed by atoms with Gasteiger partial charge in [-0.2, -0.15) is 5.10 Å². The molecule has 0 saturated heterocycles. The maximum absolute atomic E-state index is 12.2. The molecule has 0 aliphatic heterocycles. The number of carbonyl (C=O) groups excluding carboxylic acids is 1. The van der Waals surface area contributed by atoms with Gasteiger partial charge in [0.1, 0.15) is 11.3 Å². The van der Waals surface area contributed by atoms with E-state index in [2.05, 4.69) is 10.4 Å². The molecule has 104 valence electrons. The van der Waals surface area contributed by atoms with Crippen LogP contribution in [0.1, 0.15) is 32.0 Å². The van der Waals surface area contributed by atoms with E-state index in [1.54, 1.807) is 6.07 Å². The minimum absolute atomic E-state index is 0.0263. The molecule has 6 nitrogen and oxygen atoms in total. The summed E-state index contributed by atoms with van der Waals surface area (Å²) in [5, 5.41) is 15.6. The standard InChI is InChI=1S/C14H15N3O3/c1-8-5-4-6-11(9(8)2)16-13(18)12-10(14(19)20)7-15-17(12)3/h4-7H,1-3H3,(H,16,18)(H,19,20). The van der Waals surface area contributed by atoms with Gasteiger partial charge in [-0.3, -0.25) is 9.48 Å². The summed E-state index contributed by atoms with van der Waals surface area (Å²) in [5.41, 5.74) is 2.56. The molecule has 0 saturated carbocycles. The number of aromatic nitrogens is 2. The zero-order valence-electron chi connectivity index (χ0n) is 11.5. The SMILES string of the molecule is Cc1cccc(NC(=O)c2c(C(=O)O)cnn2C)c1C. The van der Waals surface area contributed by atoms with Gasteiger partial charge in [0.2, 0.25) is 0 Å². The summed E-state index contributed by atoms with van der Waals surface area (Å²) in [6.07, 6.45) is 1.17. The molecule has 20 heavy (non-hydrogen) atoms. The van der Waals surface area contributed by atoms with Crippen molar-refractivity contribution in [2.45, 2.75) is 13.8 Å². The second-order valence-electron chi connectivity index (χ2n) is 4.54. The largest absolute Gasteiger partial charge is 0.478 e. The van der Waals surface area contributed by atoms with Gasteiger partial charge in [0.05, 0.1) is 6.20 Å². The molecule has 1 amide bonds. The third-order valence-corrected chi connectivity index (χ3v) is 3.24. The predicted molar refractivity (Wildman–Crippen MR) is 74.0 cm³/mol. The lowest BCUT2D eigenvalue weighted by Gasteiger charge is -2.10. The van der Waals surface area contributed by atoms with Crippen molar-refractivity contribution in [1.29, 1.82) is 0 Å². The Kier molecular flexibility index (Phi) is 3.56. The van der Waals surface area contributed by atoms with Gasteiger partial charge in [-0.05, 0) is 31.0 Å². The highest BCUT2D eigenvalue weighted by molar-refractivity contribution is 6.09. The Hall–Kier alpha value is -2.63. The first-order valence-corrected chi connectivity index (χ1v) is 6.04. The van der Waals surface area contributed by atoms with Crippen molar-refractivity contribution in [2.75, 3.05) is 5.32 Å². The van der Waals surface area contributed by atoms with Crippen molar-refractivity contribution in [1.82, 2.24) is 9.78 Å². The number of amides is 1. The maximum atomic E-state index is 12.2. The molecular weight excluding hydrogens is 258 g/mol. The summed E-state index contributed by atoms with van der Waals surface area (Å²) in [5.74, 6) is -1.67. The quantitative estimate of drug-likeness (QED) is 0.895. The Bertz CT molecular complexity index is 689. The number of hydrogen-bond donors (Lipinski definition) is 2. The van der Waals surface area contributed by atoms with Crippen LogP contribution in [0, 0.1) is 13.8 Å². The van der Waals surface area contributed by atoms with Gasteiger partial charge in [-0.25, -0.2) is 4.79 Å². The van der Waals surface area contributed by atoms with Gasteiger partial charge in [0.25, 0.3) is 5.91 Å². The molecule has 0 radical (unpaired) electrons. The Morgan fingerprint density at radius 3 is 2.65 bits per heavy atom. The van der Waals surface area contributed by atoms with Crippen LogP contribution in [0.25, 0.3) is 0 Å². The molecule has 1 aromatic carbocycles. The molecular formula is C14H15N3O3. The molecule has 0 bridgehead atoms. The minimum Gasteiger partial charge on any atom is -0.478 e. The smallest absolute Gasteiger partial charge is 0.339 e. The Morgan fingerprint density at radius 2 is 2.00 bits per heavy atom. The molecule has 0 spiro atoms. The monoisotopic (exact) mass is 273 g/mol. The van der Waals surface area contributed by atoms with Gasteiger partial charge in [-0.1, -0.05) is 12.1 Å². The first-order valence-electron chi connectivity index (χ1n) is 6.04. The van der Waals surface area contributed by atoms with E-state index in [1.807, 2.05) is 26.0 Å². The fourth-order valence-electron chi connectivity index (χ4n) is 1.93. The van der Waals surface area contributed by atoms with Crippen molar-refractivity contribution < 1.29 is 14.7 Å². The fourth-order valence-corrected chi connectivity index (χ4v) is 1.93. The van der Waals surface area contributed by atoms with Crippen molar-refractivity contribution >= 4 is 17.6 Å². The average Bonchev–Trinajstić information content (AvgIpc) is 2.77. The number of nitrogens with one attached hydrogen (secondary N) is 1. The summed E-state index contributed by atoms with van der Waals surface area (Å²) in [6.45, 7) is 3.84. The fraction of sp³-hybridized carbons (Fsp3) is 0.214. The Balaban J connectivity index is 2.36. The van der Waals surface area contributed by atoms with Crippen LogP contribution in [0.15, 0.2) is 24.4 Å². The molecule has 1 aromatic heterocycles. The number of nitrogens with zero attached hydrogens (tertiary/aromatic N) is 2. The van der Waals surface area contributed by atoms with E-state index < -0.39 is 11.9 Å². The van der Waals surface area contributed by atoms with E-state index in [9.17, 15) is 9.59 Å². The Morgan fingerprint density at radius 1 is 1.30 bits per heavy atom. The third-order valence-electron chi connectivity index (χ3n) is 3.24. The molecule has 2 rings (SSSR count). The molecule has 6 heteroatoms. The zero-order valence-corrected chi connectivity index (χ0v) is 11.5. The van der Waals surface area contributed by atoms with Gasteiger partial charge < -0.3 is 10.4 Å². The van der Waals surface area contributed by atoms with Gasteiger partial charge in [0.15, 0.2) is 0 Å². The number of rotatable bonds is 3. The molecule has 0 aliphatic carbocycles. The number of hydrogen-bond acceptors (Lipinski definition) is 3. The lowest BCUT2D eigenvalue weighted by molar-refractivity contribution is 0.0692. The summed E-state index contributed by atoms with van der Waals surface area (Å²) < 4.78 is 1.25. The topological polar surface area (TPSA) is 84.2 Å². The number of carboxylic acid groups (broad SMARTS) is 1. The zero-order chi connectivity index (χ0) is 14.9. The van der Waals surface area contributed by atoms with Gasteiger partial charge in [-0.15, -0.1) is 0 Å². The minimum atomic E-state index is -1.18. The van der Waals surface area contributed by atoms with Crippen LogP contribution < -0.4 is 5.32 Å². The van der Waals surface area contributed by atoms with Crippen LogP contribution >= 0.6 is 0 Å². The number of carboxylic acids is 1.